The molecule has 0 bridgehead atoms. The highest BCUT2D eigenvalue weighted by molar-refractivity contribution is 5.73. The van der Waals surface area contributed by atoms with Crippen LogP contribution in [-0.2, 0) is 4.79 Å². The van der Waals surface area contributed by atoms with Crippen molar-refractivity contribution < 1.29 is 9.90 Å². The molecule has 2 unspecified atom stereocenters. The summed E-state index contributed by atoms with van der Waals surface area (Å²) < 4.78 is 0. The number of carboxylic acid groups (broad SMARTS) is 1. The van der Waals surface area contributed by atoms with Crippen LogP contribution >= 0.6 is 0 Å². The minimum Gasteiger partial charge on any atom is -0.480 e. The molecular weight excluding hydrogens is 202 g/mol. The van der Waals surface area contributed by atoms with E-state index in [-0.39, 0.29) is 6.04 Å². The molecule has 16 heavy (non-hydrogen) atoms. The topological polar surface area (TPSA) is 40.5 Å². The largest absolute Gasteiger partial charge is 0.480 e. The average molecular weight is 225 g/mol. The molecule has 0 aromatic carbocycles. The van der Waals surface area contributed by atoms with Crippen molar-refractivity contribution in [2.75, 3.05) is 6.54 Å². The van der Waals surface area contributed by atoms with E-state index in [1.54, 1.807) is 0 Å². The summed E-state index contributed by atoms with van der Waals surface area (Å²) in [6.07, 6.45) is 8.31. The Morgan fingerprint density at radius 1 is 1.19 bits per heavy atom. The molecule has 1 aliphatic carbocycles. The number of rotatable bonds is 2. The molecule has 3 nitrogen and oxygen atoms in total. The molecule has 0 aromatic rings. The summed E-state index contributed by atoms with van der Waals surface area (Å²) in [5, 5.41) is 9.32. The van der Waals surface area contributed by atoms with Crippen molar-refractivity contribution >= 4 is 5.97 Å². The summed E-state index contributed by atoms with van der Waals surface area (Å²) in [7, 11) is 0. The first-order valence-electron chi connectivity index (χ1n) is 6.67. The molecular formula is C13H23NO2. The van der Waals surface area contributed by atoms with E-state index in [0.717, 1.165) is 13.0 Å². The second-order valence-corrected chi connectivity index (χ2v) is 5.51. The van der Waals surface area contributed by atoms with Gasteiger partial charge in [0.05, 0.1) is 0 Å². The fourth-order valence-electron chi connectivity index (χ4n) is 3.25. The third kappa shape index (κ3) is 2.57. The molecule has 92 valence electrons. The van der Waals surface area contributed by atoms with E-state index in [0.29, 0.717) is 12.0 Å². The molecule has 2 fully saturated rings. The number of hydrogen-bond acceptors (Lipinski definition) is 2. The molecule has 0 spiro atoms. The number of likely N-dealkylation sites (tertiary alicyclic amines) is 1. The summed E-state index contributed by atoms with van der Waals surface area (Å²) in [5.41, 5.74) is 0. The van der Waals surface area contributed by atoms with Gasteiger partial charge in [0.15, 0.2) is 0 Å². The van der Waals surface area contributed by atoms with Gasteiger partial charge in [0, 0.05) is 6.04 Å². The lowest BCUT2D eigenvalue weighted by molar-refractivity contribution is -0.147. The quantitative estimate of drug-likeness (QED) is 0.785. The molecule has 0 radical (unpaired) electrons. The molecule has 1 heterocycles. The predicted octanol–water partition coefficient (Wildman–Crippen LogP) is 2.50. The Labute approximate surface area is 97.8 Å². The minimum atomic E-state index is -0.614. The average Bonchev–Trinajstić information content (AvgIpc) is 2.30. The third-order valence-corrected chi connectivity index (χ3v) is 4.23. The number of hydrogen-bond donors (Lipinski definition) is 1. The maximum absolute atomic E-state index is 11.3. The second-order valence-electron chi connectivity index (χ2n) is 5.51. The van der Waals surface area contributed by atoms with Crippen LogP contribution in [-0.4, -0.2) is 34.6 Å². The predicted molar refractivity (Wildman–Crippen MR) is 63.4 cm³/mol. The zero-order chi connectivity index (χ0) is 11.5. The van der Waals surface area contributed by atoms with Crippen LogP contribution in [0.25, 0.3) is 0 Å². The lowest BCUT2D eigenvalue weighted by Crippen LogP contribution is -2.52. The van der Waals surface area contributed by atoms with Gasteiger partial charge in [-0.3, -0.25) is 9.69 Å². The summed E-state index contributed by atoms with van der Waals surface area (Å²) in [5.74, 6) is -0.0435. The van der Waals surface area contributed by atoms with E-state index in [4.69, 9.17) is 0 Å². The van der Waals surface area contributed by atoms with Crippen molar-refractivity contribution in [3.8, 4) is 0 Å². The molecule has 2 atom stereocenters. The molecule has 0 amide bonds. The number of nitrogens with zero attached hydrogens (tertiary/aromatic N) is 1. The minimum absolute atomic E-state index is 0.216. The zero-order valence-electron chi connectivity index (χ0n) is 10.2. The van der Waals surface area contributed by atoms with Crippen LogP contribution in [0.1, 0.15) is 51.9 Å². The molecule has 0 aromatic heterocycles. The van der Waals surface area contributed by atoms with E-state index < -0.39 is 5.97 Å². The van der Waals surface area contributed by atoms with Crippen molar-refractivity contribution in [1.29, 1.82) is 0 Å². The Kier molecular flexibility index (Phi) is 3.85. The number of carbonyl (C=O) groups is 1. The van der Waals surface area contributed by atoms with Crippen LogP contribution in [0.4, 0.5) is 0 Å². The van der Waals surface area contributed by atoms with E-state index in [1.165, 1.54) is 38.5 Å². The lowest BCUT2D eigenvalue weighted by atomic mass is 9.87. The van der Waals surface area contributed by atoms with Gasteiger partial charge in [-0.25, -0.2) is 0 Å². The summed E-state index contributed by atoms with van der Waals surface area (Å²) >= 11 is 0. The van der Waals surface area contributed by atoms with Crippen LogP contribution in [0.3, 0.4) is 0 Å². The Morgan fingerprint density at radius 3 is 2.50 bits per heavy atom. The van der Waals surface area contributed by atoms with Gasteiger partial charge in [0.2, 0.25) is 0 Å². The summed E-state index contributed by atoms with van der Waals surface area (Å²) in [4.78, 5) is 13.6. The molecule has 2 aliphatic rings. The number of piperidine rings is 1. The van der Waals surface area contributed by atoms with Gasteiger partial charge in [-0.05, 0) is 38.1 Å². The monoisotopic (exact) mass is 225 g/mol. The second kappa shape index (κ2) is 5.17. The van der Waals surface area contributed by atoms with Crippen molar-refractivity contribution in [2.45, 2.75) is 64.0 Å². The van der Waals surface area contributed by atoms with E-state index in [9.17, 15) is 9.90 Å². The zero-order valence-corrected chi connectivity index (χ0v) is 10.2. The molecule has 3 heteroatoms. The Hall–Kier alpha value is -0.570. The third-order valence-electron chi connectivity index (χ3n) is 4.23. The molecule has 1 N–H and O–H groups in total. The molecule has 1 saturated carbocycles. The summed E-state index contributed by atoms with van der Waals surface area (Å²) in [6, 6.07) is 0.328. The smallest absolute Gasteiger partial charge is 0.320 e. The maximum Gasteiger partial charge on any atom is 0.320 e. The van der Waals surface area contributed by atoms with Gasteiger partial charge in [-0.2, -0.15) is 0 Å². The lowest BCUT2D eigenvalue weighted by Gasteiger charge is -2.42. The van der Waals surface area contributed by atoms with Gasteiger partial charge in [-0.1, -0.05) is 26.2 Å². The van der Waals surface area contributed by atoms with Gasteiger partial charge >= 0.3 is 5.97 Å². The van der Waals surface area contributed by atoms with Crippen LogP contribution in [0, 0.1) is 5.92 Å². The Bertz CT molecular complexity index is 248. The van der Waals surface area contributed by atoms with Crippen LogP contribution < -0.4 is 0 Å². The van der Waals surface area contributed by atoms with Gasteiger partial charge in [0.1, 0.15) is 6.04 Å². The van der Waals surface area contributed by atoms with E-state index >= 15 is 0 Å². The van der Waals surface area contributed by atoms with Crippen molar-refractivity contribution in [3.63, 3.8) is 0 Å². The number of carboxylic acids is 1. The first-order chi connectivity index (χ1) is 7.68. The first-order valence-corrected chi connectivity index (χ1v) is 6.67. The standard InChI is InChI=1S/C13H23NO2/c1-10-7-8-14(12(9-10)13(15)16)11-5-3-2-4-6-11/h10-12H,2-9H2,1H3,(H,15,16). The fourth-order valence-corrected chi connectivity index (χ4v) is 3.25. The Morgan fingerprint density at radius 2 is 1.88 bits per heavy atom. The van der Waals surface area contributed by atoms with Crippen molar-refractivity contribution in [3.05, 3.63) is 0 Å². The molecule has 2 rings (SSSR count). The maximum atomic E-state index is 11.3. The normalized spacial score (nSPS) is 33.8. The number of aliphatic carboxylic acids is 1. The van der Waals surface area contributed by atoms with Gasteiger partial charge in [-0.15, -0.1) is 0 Å². The van der Waals surface area contributed by atoms with Gasteiger partial charge in [0.25, 0.3) is 0 Å². The Balaban J connectivity index is 2.02. The molecule has 1 saturated heterocycles. The fraction of sp³-hybridized carbons (Fsp3) is 0.923. The van der Waals surface area contributed by atoms with E-state index in [2.05, 4.69) is 11.8 Å². The highest BCUT2D eigenvalue weighted by Gasteiger charge is 2.35. The summed E-state index contributed by atoms with van der Waals surface area (Å²) in [6.45, 7) is 3.16. The SMILES string of the molecule is CC1CCN(C2CCCCC2)C(C(=O)O)C1. The molecule has 1 aliphatic heterocycles. The highest BCUT2D eigenvalue weighted by atomic mass is 16.4. The van der Waals surface area contributed by atoms with E-state index in [1.807, 2.05) is 0 Å². The van der Waals surface area contributed by atoms with Gasteiger partial charge < -0.3 is 5.11 Å². The van der Waals surface area contributed by atoms with Crippen molar-refractivity contribution in [2.24, 2.45) is 5.92 Å². The van der Waals surface area contributed by atoms with Crippen molar-refractivity contribution in [1.82, 2.24) is 4.90 Å². The van der Waals surface area contributed by atoms with Crippen LogP contribution in [0.2, 0.25) is 0 Å². The highest BCUT2D eigenvalue weighted by Crippen LogP contribution is 2.30. The first kappa shape index (κ1) is 11.9. The van der Waals surface area contributed by atoms with Crippen LogP contribution in [0.5, 0.6) is 0 Å². The van der Waals surface area contributed by atoms with Crippen LogP contribution in [0.15, 0.2) is 0 Å².